The zero-order valence-corrected chi connectivity index (χ0v) is 9.07. The summed E-state index contributed by atoms with van der Waals surface area (Å²) in [4.78, 5) is 0. The highest BCUT2D eigenvalue weighted by Gasteiger charge is 2.47. The number of benzene rings is 1. The Hall–Kier alpha value is -0.480. The van der Waals surface area contributed by atoms with Crippen molar-refractivity contribution in [1.82, 2.24) is 0 Å². The van der Waals surface area contributed by atoms with Crippen molar-refractivity contribution in [1.29, 1.82) is 0 Å². The Morgan fingerprint density at radius 3 is 2.50 bits per heavy atom. The van der Waals surface area contributed by atoms with Gasteiger partial charge in [0.1, 0.15) is 11.6 Å². The third-order valence-electron chi connectivity index (χ3n) is 2.82. The number of rotatable bonds is 2. The molecule has 1 aliphatic rings. The van der Waals surface area contributed by atoms with Gasteiger partial charge in [0.15, 0.2) is 0 Å². The van der Waals surface area contributed by atoms with Crippen molar-refractivity contribution in [3.8, 4) is 0 Å². The molecule has 4 heteroatoms. The van der Waals surface area contributed by atoms with Gasteiger partial charge >= 0.3 is 0 Å². The lowest BCUT2D eigenvalue weighted by Crippen LogP contribution is -2.22. The first kappa shape index (κ1) is 10.1. The van der Waals surface area contributed by atoms with E-state index in [0.29, 0.717) is 11.0 Å². The van der Waals surface area contributed by atoms with E-state index >= 15 is 0 Å². The van der Waals surface area contributed by atoms with Crippen molar-refractivity contribution in [2.24, 2.45) is 5.73 Å². The van der Waals surface area contributed by atoms with Crippen LogP contribution in [0.5, 0.6) is 0 Å². The van der Waals surface area contributed by atoms with E-state index < -0.39 is 17.0 Å². The van der Waals surface area contributed by atoms with Gasteiger partial charge < -0.3 is 5.73 Å². The van der Waals surface area contributed by atoms with E-state index in [-0.39, 0.29) is 5.56 Å². The van der Waals surface area contributed by atoms with Crippen molar-refractivity contribution >= 4 is 15.9 Å². The third kappa shape index (κ3) is 1.37. The van der Waals surface area contributed by atoms with Gasteiger partial charge in [-0.3, -0.25) is 0 Å². The first-order valence-corrected chi connectivity index (χ1v) is 5.24. The Bertz CT molecular complexity index is 375. The van der Waals surface area contributed by atoms with Gasteiger partial charge in [0.2, 0.25) is 0 Å². The van der Waals surface area contributed by atoms with E-state index in [1.807, 2.05) is 0 Å². The van der Waals surface area contributed by atoms with Gasteiger partial charge in [-0.05, 0) is 40.9 Å². The lowest BCUT2D eigenvalue weighted by Gasteiger charge is -2.15. The Kier molecular flexibility index (Phi) is 2.35. The van der Waals surface area contributed by atoms with E-state index in [4.69, 9.17) is 5.73 Å². The molecular weight excluding hydrogens is 252 g/mol. The fraction of sp³-hybridized carbons (Fsp3) is 0.400. The summed E-state index contributed by atoms with van der Waals surface area (Å²) in [5.74, 6) is -0.999. The molecule has 2 rings (SSSR count). The summed E-state index contributed by atoms with van der Waals surface area (Å²) in [5.41, 5.74) is 5.24. The molecule has 1 aromatic rings. The van der Waals surface area contributed by atoms with Crippen LogP contribution in [0.1, 0.15) is 18.4 Å². The Morgan fingerprint density at radius 2 is 2.00 bits per heavy atom. The molecule has 0 aliphatic heterocycles. The Morgan fingerprint density at radius 1 is 1.36 bits per heavy atom. The fourth-order valence-corrected chi connectivity index (χ4v) is 2.05. The highest BCUT2D eigenvalue weighted by molar-refractivity contribution is 9.10. The molecule has 0 radical (unpaired) electrons. The van der Waals surface area contributed by atoms with E-state index in [2.05, 4.69) is 15.9 Å². The van der Waals surface area contributed by atoms with E-state index in [0.717, 1.165) is 12.8 Å². The van der Waals surface area contributed by atoms with Crippen molar-refractivity contribution in [3.63, 3.8) is 0 Å². The van der Waals surface area contributed by atoms with Crippen LogP contribution in [0.3, 0.4) is 0 Å². The van der Waals surface area contributed by atoms with Gasteiger partial charge in [-0.1, -0.05) is 0 Å². The highest BCUT2D eigenvalue weighted by atomic mass is 79.9. The predicted octanol–water partition coefficient (Wildman–Crippen LogP) is 2.72. The summed E-state index contributed by atoms with van der Waals surface area (Å²) in [5, 5.41) is 0. The molecule has 1 fully saturated rings. The van der Waals surface area contributed by atoms with Gasteiger partial charge in [-0.15, -0.1) is 0 Å². The molecule has 0 saturated heterocycles. The van der Waals surface area contributed by atoms with Crippen LogP contribution >= 0.6 is 15.9 Å². The largest absolute Gasteiger partial charge is 0.330 e. The lowest BCUT2D eigenvalue weighted by molar-refractivity contribution is 0.513. The molecule has 14 heavy (non-hydrogen) atoms. The monoisotopic (exact) mass is 261 g/mol. The van der Waals surface area contributed by atoms with E-state index in [9.17, 15) is 8.78 Å². The minimum atomic E-state index is -0.507. The molecule has 76 valence electrons. The second-order valence-corrected chi connectivity index (χ2v) is 4.56. The maximum Gasteiger partial charge on any atom is 0.144 e. The minimum Gasteiger partial charge on any atom is -0.330 e. The summed E-state index contributed by atoms with van der Waals surface area (Å²) < 4.78 is 27.4. The standard InChI is InChI=1S/C10H10BrF2N/c11-6-1-2-7(12)8(9(6)13)10(5-14)3-4-10/h1-2H,3-5,14H2. The molecule has 0 aromatic heterocycles. The molecule has 0 amide bonds. The van der Waals surface area contributed by atoms with Crippen molar-refractivity contribution in [2.75, 3.05) is 6.54 Å². The molecule has 1 aliphatic carbocycles. The summed E-state index contributed by atoms with van der Waals surface area (Å²) in [6.07, 6.45) is 1.54. The Balaban J connectivity index is 2.57. The van der Waals surface area contributed by atoms with Crippen LogP contribution in [0.25, 0.3) is 0 Å². The van der Waals surface area contributed by atoms with Crippen LogP contribution in [-0.4, -0.2) is 6.54 Å². The maximum atomic E-state index is 13.6. The van der Waals surface area contributed by atoms with Gasteiger partial charge in [0, 0.05) is 17.5 Å². The van der Waals surface area contributed by atoms with Crippen LogP contribution in [0.15, 0.2) is 16.6 Å². The molecular formula is C10H10BrF2N. The van der Waals surface area contributed by atoms with Gasteiger partial charge in [-0.25, -0.2) is 8.78 Å². The number of hydrogen-bond acceptors (Lipinski definition) is 1. The zero-order valence-electron chi connectivity index (χ0n) is 7.49. The minimum absolute atomic E-state index is 0.148. The first-order valence-electron chi connectivity index (χ1n) is 4.45. The quantitative estimate of drug-likeness (QED) is 0.815. The molecule has 1 saturated carbocycles. The first-order chi connectivity index (χ1) is 6.60. The summed E-state index contributed by atoms with van der Waals surface area (Å²) in [6, 6.07) is 2.65. The molecule has 0 heterocycles. The van der Waals surface area contributed by atoms with Crippen LogP contribution in [0.4, 0.5) is 8.78 Å². The van der Waals surface area contributed by atoms with Crippen molar-refractivity contribution in [3.05, 3.63) is 33.8 Å². The van der Waals surface area contributed by atoms with Crippen LogP contribution in [0.2, 0.25) is 0 Å². The smallest absolute Gasteiger partial charge is 0.144 e. The van der Waals surface area contributed by atoms with Gasteiger partial charge in [0.25, 0.3) is 0 Å². The van der Waals surface area contributed by atoms with Crippen molar-refractivity contribution in [2.45, 2.75) is 18.3 Å². The number of halogens is 3. The summed E-state index contributed by atoms with van der Waals surface area (Å²) in [7, 11) is 0. The van der Waals surface area contributed by atoms with Crippen molar-refractivity contribution < 1.29 is 8.78 Å². The average Bonchev–Trinajstić information content (AvgIpc) is 2.93. The number of nitrogens with two attached hydrogens (primary N) is 1. The molecule has 2 N–H and O–H groups in total. The third-order valence-corrected chi connectivity index (χ3v) is 3.43. The molecule has 1 aromatic carbocycles. The molecule has 1 nitrogen and oxygen atoms in total. The van der Waals surface area contributed by atoms with Crippen LogP contribution in [0, 0.1) is 11.6 Å². The van der Waals surface area contributed by atoms with Crippen LogP contribution < -0.4 is 5.73 Å². The maximum absolute atomic E-state index is 13.6. The zero-order chi connectivity index (χ0) is 10.3. The molecule has 0 spiro atoms. The Labute approximate surface area is 89.4 Å². The van der Waals surface area contributed by atoms with Gasteiger partial charge in [-0.2, -0.15) is 0 Å². The van der Waals surface area contributed by atoms with E-state index in [1.54, 1.807) is 0 Å². The normalized spacial score (nSPS) is 18.3. The predicted molar refractivity (Wildman–Crippen MR) is 54.0 cm³/mol. The highest BCUT2D eigenvalue weighted by Crippen LogP contribution is 2.49. The van der Waals surface area contributed by atoms with Gasteiger partial charge in [0.05, 0.1) is 4.47 Å². The average molecular weight is 262 g/mol. The van der Waals surface area contributed by atoms with Crippen LogP contribution in [-0.2, 0) is 5.41 Å². The summed E-state index contributed by atoms with van der Waals surface area (Å²) in [6.45, 7) is 0.303. The second-order valence-electron chi connectivity index (χ2n) is 3.70. The second kappa shape index (κ2) is 3.28. The SMILES string of the molecule is NCC1(c2c(F)ccc(Br)c2F)CC1. The molecule has 0 unspecified atom stereocenters. The van der Waals surface area contributed by atoms with E-state index in [1.165, 1.54) is 12.1 Å². The summed E-state index contributed by atoms with van der Waals surface area (Å²) >= 11 is 3.05. The molecule has 0 atom stereocenters. The molecule has 0 bridgehead atoms. The number of hydrogen-bond donors (Lipinski definition) is 1. The fourth-order valence-electron chi connectivity index (χ4n) is 1.72. The lowest BCUT2D eigenvalue weighted by atomic mass is 9.95. The topological polar surface area (TPSA) is 26.0 Å².